The summed E-state index contributed by atoms with van der Waals surface area (Å²) in [5.74, 6) is 2.27. The maximum Gasteiger partial charge on any atom is 0.248 e. The third kappa shape index (κ3) is 8.92. The highest BCUT2D eigenvalue weighted by Crippen LogP contribution is 2.39. The normalized spacial score (nSPS) is 16.8. The number of nitrogens with one attached hydrogen (secondary N) is 2. The number of aromatic nitrogens is 4. The second-order valence-electron chi connectivity index (χ2n) is 14.9. The second kappa shape index (κ2) is 16.9. The number of rotatable bonds is 14. The third-order valence-electron chi connectivity index (χ3n) is 11.2. The van der Waals surface area contributed by atoms with Crippen molar-refractivity contribution in [3.63, 3.8) is 0 Å². The first kappa shape index (κ1) is 35.9. The molecule has 2 aromatic heterocycles. The summed E-state index contributed by atoms with van der Waals surface area (Å²) in [6, 6.07) is 21.3. The van der Waals surface area contributed by atoms with E-state index >= 15 is 0 Å². The number of aromatic hydroxyl groups is 2. The lowest BCUT2D eigenvalue weighted by Crippen LogP contribution is -2.36. The molecule has 0 bridgehead atoms. The van der Waals surface area contributed by atoms with E-state index in [1.54, 1.807) is 12.1 Å². The summed E-state index contributed by atoms with van der Waals surface area (Å²) in [7, 11) is 0. The van der Waals surface area contributed by atoms with E-state index in [0.717, 1.165) is 75.4 Å². The van der Waals surface area contributed by atoms with Crippen LogP contribution in [-0.4, -0.2) is 72.7 Å². The summed E-state index contributed by atoms with van der Waals surface area (Å²) in [6.07, 6.45) is 12.0. The number of hydrogen-bond acceptors (Lipinski definition) is 8. The number of aliphatic hydroxyl groups is 1. The Hall–Kier alpha value is -4.51. The molecule has 5 aromatic rings. The number of hydrogen-bond donors (Lipinski definition) is 5. The molecule has 0 spiro atoms. The fraction of sp³-hybridized carbons (Fsp3) is 0.452. The van der Waals surface area contributed by atoms with Crippen LogP contribution in [-0.2, 0) is 25.8 Å². The fourth-order valence-electron chi connectivity index (χ4n) is 8.12. The van der Waals surface area contributed by atoms with E-state index < -0.39 is 6.10 Å². The zero-order chi connectivity index (χ0) is 35.9. The number of H-pyrrole nitrogens is 1. The standard InChI is InChI=1S/C42H52N6O4/c49-37-15-13-35(36-14-16-40(51)45-41(36)37)38(50)26-43-21-17-29-9-11-30(12-10-29)18-22-47-23-19-31(20-24-47)27-48-28-44-39(46-48)25-33-7-4-8-34(42(33)52)32-5-2-1-3-6-32/h4,7-16,28,31-32,38,43,49-50,52H,1-3,5-6,17-27H2,(H,45,51)/t38-/m0/s1. The van der Waals surface area contributed by atoms with Crippen LogP contribution in [0.2, 0.25) is 0 Å². The van der Waals surface area contributed by atoms with Crippen LogP contribution in [0.1, 0.15) is 90.6 Å². The third-order valence-corrected chi connectivity index (χ3v) is 11.2. The molecule has 5 N–H and O–H groups in total. The van der Waals surface area contributed by atoms with Crippen LogP contribution in [0.15, 0.2) is 77.9 Å². The molecule has 0 unspecified atom stereocenters. The number of fused-ring (bicyclic) bond motifs is 1. The Kier molecular flexibility index (Phi) is 11.6. The lowest BCUT2D eigenvalue weighted by Gasteiger charge is -2.31. The molecular weight excluding hydrogens is 652 g/mol. The average Bonchev–Trinajstić information content (AvgIpc) is 3.61. The Morgan fingerprint density at radius 3 is 2.44 bits per heavy atom. The van der Waals surface area contributed by atoms with Gasteiger partial charge in [0.25, 0.3) is 0 Å². The van der Waals surface area contributed by atoms with Gasteiger partial charge >= 0.3 is 0 Å². The van der Waals surface area contributed by atoms with Gasteiger partial charge in [-0.15, -0.1) is 0 Å². The van der Waals surface area contributed by atoms with Crippen molar-refractivity contribution in [3.05, 3.63) is 117 Å². The lowest BCUT2D eigenvalue weighted by molar-refractivity contribution is 0.172. The van der Waals surface area contributed by atoms with E-state index in [2.05, 4.69) is 56.6 Å². The molecule has 274 valence electrons. The number of pyridine rings is 1. The molecule has 10 nitrogen and oxygen atoms in total. The summed E-state index contributed by atoms with van der Waals surface area (Å²) in [5, 5.41) is 40.7. The van der Waals surface area contributed by atoms with Gasteiger partial charge in [-0.3, -0.25) is 9.48 Å². The number of phenolic OH excluding ortho intramolecular Hbond substituents is 2. The van der Waals surface area contributed by atoms with Crippen LogP contribution in [0.4, 0.5) is 0 Å². The van der Waals surface area contributed by atoms with Crippen molar-refractivity contribution in [2.75, 3.05) is 32.7 Å². The monoisotopic (exact) mass is 704 g/mol. The Balaban J connectivity index is 0.802. The molecule has 2 fully saturated rings. The quantitative estimate of drug-likeness (QED) is 0.0889. The van der Waals surface area contributed by atoms with Crippen molar-refractivity contribution in [3.8, 4) is 11.5 Å². The Morgan fingerprint density at radius 2 is 1.65 bits per heavy atom. The summed E-state index contributed by atoms with van der Waals surface area (Å²) >= 11 is 0. The van der Waals surface area contributed by atoms with Crippen molar-refractivity contribution >= 4 is 10.9 Å². The molecule has 2 aliphatic rings. The van der Waals surface area contributed by atoms with Crippen molar-refractivity contribution in [2.24, 2.45) is 5.92 Å². The summed E-state index contributed by atoms with van der Waals surface area (Å²) in [6.45, 7) is 5.24. The molecule has 0 amide bonds. The highest BCUT2D eigenvalue weighted by atomic mass is 16.3. The van der Waals surface area contributed by atoms with Gasteiger partial charge in [0, 0.05) is 43.1 Å². The molecule has 10 heteroatoms. The highest BCUT2D eigenvalue weighted by molar-refractivity contribution is 5.87. The molecular formula is C42H52N6O4. The van der Waals surface area contributed by atoms with E-state index in [4.69, 9.17) is 5.10 Å². The number of para-hydroxylation sites is 1. The zero-order valence-electron chi connectivity index (χ0n) is 30.0. The number of piperidine rings is 1. The number of aliphatic hydroxyl groups excluding tert-OH is 1. The van der Waals surface area contributed by atoms with Gasteiger partial charge in [-0.25, -0.2) is 4.98 Å². The molecule has 7 rings (SSSR count). The molecule has 1 atom stereocenters. The van der Waals surface area contributed by atoms with E-state index in [9.17, 15) is 20.1 Å². The zero-order valence-corrected chi connectivity index (χ0v) is 30.0. The van der Waals surface area contributed by atoms with Crippen LogP contribution in [0, 0.1) is 5.92 Å². The first-order valence-corrected chi connectivity index (χ1v) is 19.1. The highest BCUT2D eigenvalue weighted by Gasteiger charge is 2.22. The number of nitrogens with zero attached hydrogens (tertiary/aromatic N) is 4. The SMILES string of the molecule is O=c1ccc2c([C@@H](O)CNCCc3ccc(CCN4CCC(Cn5cnc(Cc6cccc(C7CCCCC7)c6O)n5)CC4)cc3)ccc(O)c2[nH]1. The Morgan fingerprint density at radius 1 is 0.885 bits per heavy atom. The van der Waals surface area contributed by atoms with E-state index in [-0.39, 0.29) is 11.3 Å². The summed E-state index contributed by atoms with van der Waals surface area (Å²) in [4.78, 5) is 21.5. The smallest absolute Gasteiger partial charge is 0.248 e. The molecule has 1 aliphatic heterocycles. The average molecular weight is 705 g/mol. The Labute approximate surface area is 305 Å². The van der Waals surface area contributed by atoms with Crippen molar-refractivity contribution in [1.82, 2.24) is 30.0 Å². The van der Waals surface area contributed by atoms with Crippen molar-refractivity contribution < 1.29 is 15.3 Å². The van der Waals surface area contributed by atoms with Gasteiger partial charge in [0.15, 0.2) is 5.82 Å². The molecule has 3 heterocycles. The van der Waals surface area contributed by atoms with Gasteiger partial charge in [0.2, 0.25) is 5.56 Å². The molecule has 52 heavy (non-hydrogen) atoms. The molecule has 1 saturated heterocycles. The van der Waals surface area contributed by atoms with Crippen LogP contribution in [0.5, 0.6) is 11.5 Å². The minimum absolute atomic E-state index is 0.0106. The minimum Gasteiger partial charge on any atom is -0.507 e. The maximum atomic E-state index is 11.7. The number of aromatic amines is 1. The maximum absolute atomic E-state index is 11.7. The summed E-state index contributed by atoms with van der Waals surface area (Å²) in [5.41, 5.74) is 5.34. The van der Waals surface area contributed by atoms with Gasteiger partial charge in [0.05, 0.1) is 11.6 Å². The first-order valence-electron chi connectivity index (χ1n) is 19.1. The molecule has 1 saturated carbocycles. The van der Waals surface area contributed by atoms with E-state index in [0.29, 0.717) is 47.0 Å². The van der Waals surface area contributed by atoms with Crippen molar-refractivity contribution in [2.45, 2.75) is 82.8 Å². The van der Waals surface area contributed by atoms with Gasteiger partial charge < -0.3 is 30.5 Å². The predicted molar refractivity (Wildman–Crippen MR) is 204 cm³/mol. The van der Waals surface area contributed by atoms with E-state index in [1.165, 1.54) is 55.4 Å². The Bertz CT molecular complexity index is 1980. The minimum atomic E-state index is -0.766. The van der Waals surface area contributed by atoms with Gasteiger partial charge in [-0.05, 0) is 104 Å². The molecule has 0 radical (unpaired) electrons. The topological polar surface area (TPSA) is 140 Å². The predicted octanol–water partition coefficient (Wildman–Crippen LogP) is 5.99. The van der Waals surface area contributed by atoms with Gasteiger partial charge in [-0.2, -0.15) is 5.10 Å². The molecule has 1 aliphatic carbocycles. The number of phenols is 2. The van der Waals surface area contributed by atoms with Gasteiger partial charge in [-0.1, -0.05) is 67.8 Å². The van der Waals surface area contributed by atoms with Gasteiger partial charge in [0.1, 0.15) is 17.8 Å². The number of likely N-dealkylation sites (tertiary alicyclic amines) is 1. The van der Waals surface area contributed by atoms with E-state index in [1.807, 2.05) is 17.1 Å². The fourth-order valence-corrected chi connectivity index (χ4v) is 8.12. The lowest BCUT2D eigenvalue weighted by atomic mass is 9.83. The van der Waals surface area contributed by atoms with Crippen molar-refractivity contribution in [1.29, 1.82) is 0 Å². The van der Waals surface area contributed by atoms with Crippen LogP contribution in [0.3, 0.4) is 0 Å². The van der Waals surface area contributed by atoms with Crippen LogP contribution < -0.4 is 10.9 Å². The van der Waals surface area contributed by atoms with Crippen LogP contribution in [0.25, 0.3) is 10.9 Å². The first-order chi connectivity index (χ1) is 25.4. The number of benzene rings is 3. The molecule has 3 aromatic carbocycles. The van der Waals surface area contributed by atoms with Crippen LogP contribution >= 0.6 is 0 Å². The second-order valence-corrected chi connectivity index (χ2v) is 14.9. The largest absolute Gasteiger partial charge is 0.507 e. The summed E-state index contributed by atoms with van der Waals surface area (Å²) < 4.78 is 2.00.